The molecule has 0 unspecified atom stereocenters. The maximum Gasteiger partial charge on any atom is 0.416 e. The smallest absolute Gasteiger partial charge is 0.416 e. The number of aryl methyl sites for hydroxylation is 2. The fourth-order valence-electron chi connectivity index (χ4n) is 3.75. The second kappa shape index (κ2) is 12.5. The SMILES string of the molecule is CCOC(=O)COc1ccc(Oc2cc(C)cc(Oc3ccc(C(F)(F)F)cc3Oc3ccccc3)c2)cc1C. The van der Waals surface area contributed by atoms with Gasteiger partial charge in [-0.1, -0.05) is 18.2 Å². The lowest BCUT2D eigenvalue weighted by Crippen LogP contribution is -2.14. The van der Waals surface area contributed by atoms with Crippen molar-refractivity contribution < 1.29 is 41.7 Å². The Kier molecular flexibility index (Phi) is 8.83. The summed E-state index contributed by atoms with van der Waals surface area (Å²) in [5, 5.41) is 0. The Hall–Kier alpha value is -4.66. The summed E-state index contributed by atoms with van der Waals surface area (Å²) in [7, 11) is 0. The zero-order valence-electron chi connectivity index (χ0n) is 22.1. The number of halogens is 3. The molecule has 0 heterocycles. The third-order valence-electron chi connectivity index (χ3n) is 5.53. The highest BCUT2D eigenvalue weighted by Gasteiger charge is 2.31. The van der Waals surface area contributed by atoms with Gasteiger partial charge in [0.25, 0.3) is 0 Å². The summed E-state index contributed by atoms with van der Waals surface area (Å²) in [6, 6.07) is 21.8. The molecule has 0 aliphatic heterocycles. The quantitative estimate of drug-likeness (QED) is 0.184. The first-order valence-corrected chi connectivity index (χ1v) is 12.4. The lowest BCUT2D eigenvalue weighted by Gasteiger charge is -2.16. The molecule has 6 nitrogen and oxygen atoms in total. The number of esters is 1. The van der Waals surface area contributed by atoms with Crippen molar-refractivity contribution in [3.8, 4) is 40.2 Å². The molecule has 0 aromatic heterocycles. The van der Waals surface area contributed by atoms with Gasteiger partial charge in [-0.3, -0.25) is 0 Å². The first-order valence-electron chi connectivity index (χ1n) is 12.4. The maximum absolute atomic E-state index is 13.4. The molecular weight excluding hydrogens is 525 g/mol. The van der Waals surface area contributed by atoms with Crippen LogP contribution in [0.25, 0.3) is 0 Å². The van der Waals surface area contributed by atoms with Gasteiger partial charge in [-0.15, -0.1) is 0 Å². The molecule has 0 aliphatic carbocycles. The van der Waals surface area contributed by atoms with Gasteiger partial charge in [0.1, 0.15) is 28.7 Å². The van der Waals surface area contributed by atoms with Crippen LogP contribution in [0.15, 0.2) is 84.9 Å². The Balaban J connectivity index is 1.54. The molecule has 0 saturated heterocycles. The Morgan fingerprint density at radius 1 is 0.700 bits per heavy atom. The van der Waals surface area contributed by atoms with Gasteiger partial charge in [-0.05, 0) is 92.6 Å². The number of benzene rings is 4. The Bertz CT molecular complexity index is 1470. The standard InChI is InChI=1S/C31H27F3O6/c1-4-36-30(35)19-37-27-13-11-24(16-21(27)3)38-25-14-20(2)15-26(18-25)40-28-12-10-22(31(32,33)34)17-29(28)39-23-8-6-5-7-9-23/h5-18H,4,19H2,1-3H3. The van der Waals surface area contributed by atoms with E-state index in [9.17, 15) is 18.0 Å². The molecule has 4 aromatic carbocycles. The third kappa shape index (κ3) is 7.69. The van der Waals surface area contributed by atoms with Gasteiger partial charge < -0.3 is 23.7 Å². The zero-order chi connectivity index (χ0) is 28.7. The van der Waals surface area contributed by atoms with Gasteiger partial charge in [0.15, 0.2) is 18.1 Å². The first-order chi connectivity index (χ1) is 19.1. The van der Waals surface area contributed by atoms with Gasteiger partial charge in [-0.2, -0.15) is 13.2 Å². The average molecular weight is 553 g/mol. The van der Waals surface area contributed by atoms with Crippen LogP contribution in [0.4, 0.5) is 13.2 Å². The van der Waals surface area contributed by atoms with Crippen LogP contribution in [0, 0.1) is 13.8 Å². The molecule has 9 heteroatoms. The number of carbonyl (C=O) groups excluding carboxylic acids is 1. The largest absolute Gasteiger partial charge is 0.482 e. The third-order valence-corrected chi connectivity index (χ3v) is 5.53. The topological polar surface area (TPSA) is 63.2 Å². The van der Waals surface area contributed by atoms with Crippen molar-refractivity contribution in [2.45, 2.75) is 26.9 Å². The maximum atomic E-state index is 13.4. The summed E-state index contributed by atoms with van der Waals surface area (Å²) in [5.74, 6) is 1.75. The van der Waals surface area contributed by atoms with Gasteiger partial charge in [0.2, 0.25) is 0 Å². The lowest BCUT2D eigenvalue weighted by atomic mass is 10.2. The summed E-state index contributed by atoms with van der Waals surface area (Å²) in [5.41, 5.74) is 0.693. The van der Waals surface area contributed by atoms with E-state index in [1.54, 1.807) is 73.7 Å². The molecule has 0 spiro atoms. The molecule has 0 fully saturated rings. The second-order valence-electron chi connectivity index (χ2n) is 8.78. The summed E-state index contributed by atoms with van der Waals surface area (Å²) < 4.78 is 68.3. The number of para-hydroxylation sites is 1. The van der Waals surface area contributed by atoms with E-state index in [-0.39, 0.29) is 24.7 Å². The number of alkyl halides is 3. The highest BCUT2D eigenvalue weighted by atomic mass is 19.4. The van der Waals surface area contributed by atoms with Crippen molar-refractivity contribution in [2.24, 2.45) is 0 Å². The number of hydrogen-bond donors (Lipinski definition) is 0. The van der Waals surface area contributed by atoms with Crippen molar-refractivity contribution in [3.63, 3.8) is 0 Å². The van der Waals surface area contributed by atoms with Crippen LogP contribution in [-0.4, -0.2) is 19.2 Å². The lowest BCUT2D eigenvalue weighted by molar-refractivity contribution is -0.145. The Labute approximate surface area is 229 Å². The van der Waals surface area contributed by atoms with Gasteiger partial charge in [0, 0.05) is 6.07 Å². The fourth-order valence-corrected chi connectivity index (χ4v) is 3.75. The van der Waals surface area contributed by atoms with Gasteiger partial charge in [0.05, 0.1) is 12.2 Å². The van der Waals surface area contributed by atoms with E-state index in [0.29, 0.717) is 28.7 Å². The van der Waals surface area contributed by atoms with E-state index in [4.69, 9.17) is 23.7 Å². The molecule has 0 atom stereocenters. The molecule has 4 aromatic rings. The monoisotopic (exact) mass is 552 g/mol. The molecule has 0 amide bonds. The van der Waals surface area contributed by atoms with Crippen LogP contribution >= 0.6 is 0 Å². The minimum atomic E-state index is -4.55. The molecular formula is C31H27F3O6. The molecule has 0 bridgehead atoms. The minimum Gasteiger partial charge on any atom is -0.482 e. The minimum absolute atomic E-state index is 0.0842. The van der Waals surface area contributed by atoms with Crippen molar-refractivity contribution in [2.75, 3.05) is 13.2 Å². The van der Waals surface area contributed by atoms with Crippen molar-refractivity contribution in [3.05, 3.63) is 102 Å². The summed E-state index contributed by atoms with van der Waals surface area (Å²) >= 11 is 0. The van der Waals surface area contributed by atoms with E-state index in [0.717, 1.165) is 23.3 Å². The van der Waals surface area contributed by atoms with Crippen LogP contribution in [0.5, 0.6) is 40.2 Å². The van der Waals surface area contributed by atoms with Crippen LogP contribution in [0.2, 0.25) is 0 Å². The average Bonchev–Trinajstić information content (AvgIpc) is 2.89. The van der Waals surface area contributed by atoms with Crippen LogP contribution in [0.3, 0.4) is 0 Å². The molecule has 0 aliphatic rings. The van der Waals surface area contributed by atoms with E-state index < -0.39 is 17.7 Å². The van der Waals surface area contributed by atoms with Crippen LogP contribution in [-0.2, 0) is 15.7 Å². The van der Waals surface area contributed by atoms with E-state index >= 15 is 0 Å². The van der Waals surface area contributed by atoms with E-state index in [2.05, 4.69) is 0 Å². The molecule has 0 radical (unpaired) electrons. The predicted octanol–water partition coefficient (Wildman–Crippen LogP) is 8.64. The number of hydrogen-bond acceptors (Lipinski definition) is 6. The Morgan fingerprint density at radius 3 is 2.05 bits per heavy atom. The highest BCUT2D eigenvalue weighted by Crippen LogP contribution is 2.41. The fraction of sp³-hybridized carbons (Fsp3) is 0.194. The number of ether oxygens (including phenoxy) is 5. The molecule has 4 rings (SSSR count). The normalized spacial score (nSPS) is 11.1. The van der Waals surface area contributed by atoms with Crippen molar-refractivity contribution >= 4 is 5.97 Å². The van der Waals surface area contributed by atoms with Crippen molar-refractivity contribution in [1.82, 2.24) is 0 Å². The zero-order valence-corrected chi connectivity index (χ0v) is 22.1. The summed E-state index contributed by atoms with van der Waals surface area (Å²) in [6.45, 7) is 5.45. The van der Waals surface area contributed by atoms with Crippen molar-refractivity contribution in [1.29, 1.82) is 0 Å². The highest BCUT2D eigenvalue weighted by molar-refractivity contribution is 5.71. The Morgan fingerprint density at radius 2 is 1.38 bits per heavy atom. The molecule has 0 N–H and O–H groups in total. The molecule has 40 heavy (non-hydrogen) atoms. The van der Waals surface area contributed by atoms with E-state index in [1.165, 1.54) is 6.07 Å². The van der Waals surface area contributed by atoms with Crippen LogP contribution < -0.4 is 18.9 Å². The van der Waals surface area contributed by atoms with Gasteiger partial charge >= 0.3 is 12.1 Å². The molecule has 0 saturated carbocycles. The first kappa shape index (κ1) is 28.4. The second-order valence-corrected chi connectivity index (χ2v) is 8.78. The number of carbonyl (C=O) groups is 1. The van der Waals surface area contributed by atoms with Crippen LogP contribution in [0.1, 0.15) is 23.6 Å². The summed E-state index contributed by atoms with van der Waals surface area (Å²) in [4.78, 5) is 11.6. The summed E-state index contributed by atoms with van der Waals surface area (Å²) in [6.07, 6.45) is -4.55. The number of rotatable bonds is 10. The predicted molar refractivity (Wildman–Crippen MR) is 143 cm³/mol. The van der Waals surface area contributed by atoms with Gasteiger partial charge in [-0.25, -0.2) is 4.79 Å². The molecule has 208 valence electrons. The van der Waals surface area contributed by atoms with E-state index in [1.807, 2.05) is 13.8 Å².